The van der Waals surface area contributed by atoms with Gasteiger partial charge >= 0.3 is 12.2 Å². The number of aliphatic hydroxyl groups excluding tert-OH is 1. The van der Waals surface area contributed by atoms with Crippen LogP contribution in [0.4, 0.5) is 23.7 Å². The predicted octanol–water partition coefficient (Wildman–Crippen LogP) is 4.93. The maximum Gasteiger partial charge on any atom is 0.417 e. The van der Waals surface area contributed by atoms with Crippen molar-refractivity contribution < 1.29 is 27.5 Å². The fraction of sp³-hybridized carbons (Fsp3) is 0.273. The molecule has 3 aromatic rings. The number of carbonyl (C=O) groups is 1. The Morgan fingerprint density at radius 2 is 2.09 bits per heavy atom. The topological polar surface area (TPSA) is 104 Å². The summed E-state index contributed by atoms with van der Waals surface area (Å²) in [5.74, 6) is 0.374. The first-order chi connectivity index (χ1) is 16.2. The van der Waals surface area contributed by atoms with Crippen molar-refractivity contribution in [2.75, 3.05) is 18.4 Å². The molecule has 0 saturated heterocycles. The summed E-state index contributed by atoms with van der Waals surface area (Å²) in [4.78, 5) is 18.6. The summed E-state index contributed by atoms with van der Waals surface area (Å²) in [6.45, 7) is 2.25. The van der Waals surface area contributed by atoms with Gasteiger partial charge in [-0.15, -0.1) is 10.2 Å². The first-order valence-corrected chi connectivity index (χ1v) is 10.6. The molecule has 0 atom stereocenters. The van der Waals surface area contributed by atoms with Crippen molar-refractivity contribution in [1.29, 1.82) is 0 Å². The summed E-state index contributed by atoms with van der Waals surface area (Å²) >= 11 is 5.72. The summed E-state index contributed by atoms with van der Waals surface area (Å²) in [5.41, 5.74) is 2.47. The summed E-state index contributed by atoms with van der Waals surface area (Å²) < 4.78 is 43.9. The van der Waals surface area contributed by atoms with Crippen LogP contribution in [0.1, 0.15) is 29.1 Å². The summed E-state index contributed by atoms with van der Waals surface area (Å²) in [5, 5.41) is 18.8. The molecule has 1 aromatic carbocycles. The number of urea groups is 1. The van der Waals surface area contributed by atoms with Crippen LogP contribution in [-0.4, -0.2) is 44.3 Å². The number of alkyl halides is 3. The lowest BCUT2D eigenvalue weighted by Crippen LogP contribution is -2.38. The first kappa shape index (κ1) is 23.7. The molecule has 178 valence electrons. The molecule has 2 N–H and O–H groups in total. The van der Waals surface area contributed by atoms with Gasteiger partial charge in [0.05, 0.1) is 21.8 Å². The molecule has 0 radical (unpaired) electrons. The highest BCUT2D eigenvalue weighted by Gasteiger charge is 2.33. The lowest BCUT2D eigenvalue weighted by molar-refractivity contribution is -0.137. The maximum absolute atomic E-state index is 12.9. The van der Waals surface area contributed by atoms with E-state index in [-0.39, 0.29) is 24.1 Å². The number of carbonyl (C=O) groups excluding carboxylic acids is 1. The van der Waals surface area contributed by atoms with E-state index in [1.165, 1.54) is 11.0 Å². The van der Waals surface area contributed by atoms with E-state index in [9.17, 15) is 18.0 Å². The summed E-state index contributed by atoms with van der Waals surface area (Å²) in [6, 6.07) is 4.49. The van der Waals surface area contributed by atoms with Crippen LogP contribution in [0.25, 0.3) is 17.0 Å². The van der Waals surface area contributed by atoms with Crippen LogP contribution < -0.4 is 5.32 Å². The highest BCUT2D eigenvalue weighted by molar-refractivity contribution is 6.31. The number of aliphatic hydroxyl groups is 1. The van der Waals surface area contributed by atoms with Gasteiger partial charge in [0.1, 0.15) is 6.61 Å². The molecule has 2 aromatic heterocycles. The molecule has 0 aliphatic carbocycles. The fourth-order valence-electron chi connectivity index (χ4n) is 3.56. The van der Waals surface area contributed by atoms with Crippen LogP contribution in [0.15, 0.2) is 41.0 Å². The Kier molecular flexibility index (Phi) is 6.58. The van der Waals surface area contributed by atoms with Gasteiger partial charge in [0, 0.05) is 25.0 Å². The SMILES string of the molecule is Cc1cc(-c2nnc(CO)o2)cnc1C1=CCN(C(=O)Nc2ccc(C(F)(F)F)c(Cl)c2)CC1. The van der Waals surface area contributed by atoms with Gasteiger partial charge in [0.2, 0.25) is 11.8 Å². The number of hydrogen-bond acceptors (Lipinski definition) is 6. The first-order valence-electron chi connectivity index (χ1n) is 10.2. The smallest absolute Gasteiger partial charge is 0.417 e. The molecule has 12 heteroatoms. The number of halogens is 4. The number of rotatable bonds is 4. The van der Waals surface area contributed by atoms with Gasteiger partial charge < -0.3 is 19.7 Å². The monoisotopic (exact) mass is 493 g/mol. The van der Waals surface area contributed by atoms with Gasteiger partial charge in [-0.25, -0.2) is 4.79 Å². The van der Waals surface area contributed by atoms with E-state index in [1.54, 1.807) is 6.20 Å². The van der Waals surface area contributed by atoms with Crippen molar-refractivity contribution in [1.82, 2.24) is 20.1 Å². The number of aryl methyl sites for hydroxylation is 1. The zero-order valence-electron chi connectivity index (χ0n) is 17.9. The van der Waals surface area contributed by atoms with E-state index in [0.29, 0.717) is 25.1 Å². The Morgan fingerprint density at radius 3 is 2.68 bits per heavy atom. The molecule has 0 spiro atoms. The normalized spacial score (nSPS) is 14.2. The molecule has 1 aliphatic heterocycles. The van der Waals surface area contributed by atoms with Gasteiger partial charge in [0.25, 0.3) is 0 Å². The molecular formula is C22H19ClF3N5O3. The number of amides is 2. The number of aromatic nitrogens is 3. The van der Waals surface area contributed by atoms with Crippen LogP contribution in [0.2, 0.25) is 5.02 Å². The largest absolute Gasteiger partial charge is 0.418 e. The van der Waals surface area contributed by atoms with E-state index < -0.39 is 22.8 Å². The zero-order valence-corrected chi connectivity index (χ0v) is 18.6. The third kappa shape index (κ3) is 5.05. The van der Waals surface area contributed by atoms with Gasteiger partial charge in [-0.3, -0.25) is 4.98 Å². The highest BCUT2D eigenvalue weighted by atomic mass is 35.5. The number of benzene rings is 1. The molecule has 3 heterocycles. The van der Waals surface area contributed by atoms with Crippen molar-refractivity contribution in [3.05, 3.63) is 64.3 Å². The minimum atomic E-state index is -4.56. The lowest BCUT2D eigenvalue weighted by Gasteiger charge is -2.27. The van der Waals surface area contributed by atoms with Crippen molar-refractivity contribution >= 4 is 28.9 Å². The molecular weight excluding hydrogens is 475 g/mol. The fourth-order valence-corrected chi connectivity index (χ4v) is 3.84. The number of pyridine rings is 1. The van der Waals surface area contributed by atoms with E-state index in [1.807, 2.05) is 19.1 Å². The van der Waals surface area contributed by atoms with Crippen molar-refractivity contribution in [2.45, 2.75) is 26.1 Å². The zero-order chi connectivity index (χ0) is 24.5. The minimum Gasteiger partial charge on any atom is -0.418 e. The molecule has 0 fully saturated rings. The van der Waals surface area contributed by atoms with Gasteiger partial charge in [-0.05, 0) is 48.7 Å². The lowest BCUT2D eigenvalue weighted by atomic mass is 10.00. The second kappa shape index (κ2) is 9.43. The quantitative estimate of drug-likeness (QED) is 0.534. The van der Waals surface area contributed by atoms with Gasteiger partial charge in [0.15, 0.2) is 0 Å². The van der Waals surface area contributed by atoms with Gasteiger partial charge in [-0.2, -0.15) is 13.2 Å². The Morgan fingerprint density at radius 1 is 1.29 bits per heavy atom. The third-order valence-electron chi connectivity index (χ3n) is 5.25. The molecule has 0 unspecified atom stereocenters. The van der Waals surface area contributed by atoms with Crippen molar-refractivity contribution in [3.8, 4) is 11.5 Å². The molecule has 0 bridgehead atoms. The molecule has 1 aliphatic rings. The van der Waals surface area contributed by atoms with E-state index in [0.717, 1.165) is 29.0 Å². The Bertz CT molecular complexity index is 1260. The van der Waals surface area contributed by atoms with Crippen molar-refractivity contribution in [3.63, 3.8) is 0 Å². The van der Waals surface area contributed by atoms with E-state index in [2.05, 4.69) is 20.5 Å². The highest BCUT2D eigenvalue weighted by Crippen LogP contribution is 2.36. The van der Waals surface area contributed by atoms with Crippen LogP contribution in [0.5, 0.6) is 0 Å². The van der Waals surface area contributed by atoms with Crippen LogP contribution in [0.3, 0.4) is 0 Å². The molecule has 0 saturated carbocycles. The van der Waals surface area contributed by atoms with Crippen molar-refractivity contribution in [2.24, 2.45) is 0 Å². The molecule has 8 nitrogen and oxygen atoms in total. The third-order valence-corrected chi connectivity index (χ3v) is 5.57. The Hall–Kier alpha value is -3.44. The van der Waals surface area contributed by atoms with Crippen LogP contribution in [-0.2, 0) is 12.8 Å². The second-order valence-corrected chi connectivity index (χ2v) is 8.00. The number of nitrogens with zero attached hydrogens (tertiary/aromatic N) is 4. The summed E-state index contributed by atoms with van der Waals surface area (Å²) in [6.07, 6.45) is -0.533. The maximum atomic E-state index is 12.9. The van der Waals surface area contributed by atoms with Gasteiger partial charge in [-0.1, -0.05) is 17.7 Å². The second-order valence-electron chi connectivity index (χ2n) is 7.60. The van der Waals surface area contributed by atoms with E-state index >= 15 is 0 Å². The standard InChI is InChI=1S/C22H19ClF3N5O3/c1-12-8-14(20-30-29-18(11-32)34-20)10-27-19(12)13-4-6-31(7-5-13)21(33)28-15-2-3-16(17(23)9-15)22(24,25)26/h2-4,8-10,32H,5-7,11H2,1H3,(H,28,33). The number of nitrogens with one attached hydrogen (secondary N) is 1. The number of anilines is 1. The molecule has 2 amide bonds. The van der Waals surface area contributed by atoms with Crippen LogP contribution in [0, 0.1) is 6.92 Å². The summed E-state index contributed by atoms with van der Waals surface area (Å²) in [7, 11) is 0. The minimum absolute atomic E-state index is 0.114. The Labute approximate surface area is 197 Å². The number of hydrogen-bond donors (Lipinski definition) is 2. The Balaban J connectivity index is 1.42. The average Bonchev–Trinajstić information content (AvgIpc) is 3.28. The molecule has 4 rings (SSSR count). The van der Waals surface area contributed by atoms with Crippen LogP contribution >= 0.6 is 11.6 Å². The van der Waals surface area contributed by atoms with E-state index in [4.69, 9.17) is 21.1 Å². The molecule has 34 heavy (non-hydrogen) atoms. The predicted molar refractivity (Wildman–Crippen MR) is 118 cm³/mol. The average molecular weight is 494 g/mol.